The summed E-state index contributed by atoms with van der Waals surface area (Å²) < 4.78 is 15.3. The zero-order valence-corrected chi connectivity index (χ0v) is 11.8. The Morgan fingerprint density at radius 3 is 2.47 bits per heavy atom. The van der Waals surface area contributed by atoms with Crippen LogP contribution in [-0.2, 0) is 20.9 Å². The molecule has 0 fully saturated rings. The molecule has 104 valence electrons. The molecule has 0 spiro atoms. The minimum atomic E-state index is -0.503. The first-order valence-electron chi connectivity index (χ1n) is 5.90. The van der Waals surface area contributed by atoms with Crippen LogP contribution < -0.4 is 4.74 Å². The summed E-state index contributed by atoms with van der Waals surface area (Å²) in [6, 6.07) is 7.38. The summed E-state index contributed by atoms with van der Waals surface area (Å²) in [5.74, 6) is 0.589. The lowest BCUT2D eigenvalue weighted by Gasteiger charge is -2.09. The van der Waals surface area contributed by atoms with E-state index in [4.69, 9.17) is 25.8 Å². The van der Waals surface area contributed by atoms with Crippen LogP contribution in [0.15, 0.2) is 36.1 Å². The summed E-state index contributed by atoms with van der Waals surface area (Å²) in [4.78, 5) is 11.6. The first kappa shape index (κ1) is 15.4. The van der Waals surface area contributed by atoms with E-state index in [0.717, 1.165) is 11.3 Å². The lowest BCUT2D eigenvalue weighted by molar-refractivity contribution is -0.142. The molecule has 0 aliphatic heterocycles. The van der Waals surface area contributed by atoms with E-state index in [1.807, 2.05) is 24.3 Å². The number of halogens is 1. The summed E-state index contributed by atoms with van der Waals surface area (Å²) in [5, 5.41) is 0. The highest BCUT2D eigenvalue weighted by molar-refractivity contribution is 6.19. The maximum atomic E-state index is 11.6. The molecule has 0 radical (unpaired) electrons. The van der Waals surface area contributed by atoms with E-state index in [0.29, 0.717) is 6.61 Å². The van der Waals surface area contributed by atoms with Gasteiger partial charge in [-0.05, 0) is 30.7 Å². The van der Waals surface area contributed by atoms with Crippen LogP contribution in [0.25, 0.3) is 0 Å². The number of methoxy groups -OCH3 is 1. The fourth-order valence-electron chi connectivity index (χ4n) is 1.36. The monoisotopic (exact) mass is 284 g/mol. The van der Waals surface area contributed by atoms with Gasteiger partial charge in [-0.2, -0.15) is 0 Å². The van der Waals surface area contributed by atoms with Crippen molar-refractivity contribution in [3.05, 3.63) is 41.7 Å². The Morgan fingerprint density at radius 2 is 1.95 bits per heavy atom. The number of carbonyl (C=O) groups is 1. The van der Waals surface area contributed by atoms with Crippen molar-refractivity contribution in [1.29, 1.82) is 0 Å². The number of benzene rings is 1. The second kappa shape index (κ2) is 8.43. The third-order valence-corrected chi connectivity index (χ3v) is 2.45. The Balaban J connectivity index is 2.60. The zero-order chi connectivity index (χ0) is 14.1. The van der Waals surface area contributed by atoms with Gasteiger partial charge in [-0.3, -0.25) is 0 Å². The minimum absolute atomic E-state index is 0.132. The van der Waals surface area contributed by atoms with E-state index in [1.165, 1.54) is 6.08 Å². The Hall–Kier alpha value is -1.68. The molecule has 0 heterocycles. The summed E-state index contributed by atoms with van der Waals surface area (Å²) in [7, 11) is 1.60. The zero-order valence-electron chi connectivity index (χ0n) is 11.0. The smallest absolute Gasteiger partial charge is 0.373 e. The van der Waals surface area contributed by atoms with Crippen LogP contribution in [0.1, 0.15) is 12.5 Å². The van der Waals surface area contributed by atoms with Crippen molar-refractivity contribution in [3.8, 4) is 5.75 Å². The maximum Gasteiger partial charge on any atom is 0.373 e. The van der Waals surface area contributed by atoms with Gasteiger partial charge in [0.2, 0.25) is 5.76 Å². The van der Waals surface area contributed by atoms with Crippen molar-refractivity contribution in [1.82, 2.24) is 0 Å². The summed E-state index contributed by atoms with van der Waals surface area (Å²) in [6.07, 6.45) is 1.49. The van der Waals surface area contributed by atoms with E-state index < -0.39 is 5.97 Å². The molecule has 1 rings (SSSR count). The topological polar surface area (TPSA) is 44.8 Å². The first-order chi connectivity index (χ1) is 9.21. The molecular formula is C14H17ClO4. The fourth-order valence-corrected chi connectivity index (χ4v) is 1.50. The SMILES string of the molecule is CCOC(=O)C(=CCCl)OCc1ccc(OC)cc1. The van der Waals surface area contributed by atoms with Crippen molar-refractivity contribution in [2.24, 2.45) is 0 Å². The molecule has 0 bridgehead atoms. The van der Waals surface area contributed by atoms with E-state index >= 15 is 0 Å². The van der Waals surface area contributed by atoms with Gasteiger partial charge in [0.1, 0.15) is 12.4 Å². The number of rotatable bonds is 7. The predicted molar refractivity (Wildman–Crippen MR) is 73.2 cm³/mol. The molecule has 0 saturated carbocycles. The first-order valence-corrected chi connectivity index (χ1v) is 6.43. The van der Waals surface area contributed by atoms with Crippen molar-refractivity contribution in [2.45, 2.75) is 13.5 Å². The lowest BCUT2D eigenvalue weighted by atomic mass is 10.2. The number of hydrogen-bond acceptors (Lipinski definition) is 4. The van der Waals surface area contributed by atoms with Crippen LogP contribution in [0.3, 0.4) is 0 Å². The Bertz CT molecular complexity index is 426. The van der Waals surface area contributed by atoms with E-state index in [2.05, 4.69) is 0 Å². The molecule has 0 N–H and O–H groups in total. The summed E-state index contributed by atoms with van der Waals surface area (Å²) in [5.41, 5.74) is 0.922. The number of alkyl halides is 1. The van der Waals surface area contributed by atoms with Gasteiger partial charge in [0.25, 0.3) is 0 Å². The molecule has 0 amide bonds. The molecule has 0 saturated heterocycles. The minimum Gasteiger partial charge on any atom is -0.497 e. The Labute approximate surface area is 117 Å². The lowest BCUT2D eigenvalue weighted by Crippen LogP contribution is -2.11. The number of esters is 1. The molecule has 0 aliphatic rings. The second-order valence-electron chi connectivity index (χ2n) is 3.58. The van der Waals surface area contributed by atoms with Crippen molar-refractivity contribution < 1.29 is 19.0 Å². The van der Waals surface area contributed by atoms with Crippen LogP contribution in [0, 0.1) is 0 Å². The highest BCUT2D eigenvalue weighted by Crippen LogP contribution is 2.13. The van der Waals surface area contributed by atoms with Crippen LogP contribution in [-0.4, -0.2) is 25.6 Å². The molecule has 1 aromatic carbocycles. The van der Waals surface area contributed by atoms with Gasteiger partial charge in [0.05, 0.1) is 13.7 Å². The van der Waals surface area contributed by atoms with Crippen LogP contribution in [0.2, 0.25) is 0 Å². The highest BCUT2D eigenvalue weighted by Gasteiger charge is 2.11. The van der Waals surface area contributed by atoms with Crippen LogP contribution >= 0.6 is 11.6 Å². The van der Waals surface area contributed by atoms with Crippen LogP contribution in [0.4, 0.5) is 0 Å². The van der Waals surface area contributed by atoms with Gasteiger partial charge in [0, 0.05) is 5.88 Å². The molecule has 0 aromatic heterocycles. The molecule has 0 aliphatic carbocycles. The predicted octanol–water partition coefficient (Wildman–Crippen LogP) is 2.90. The van der Waals surface area contributed by atoms with Gasteiger partial charge in [-0.1, -0.05) is 12.1 Å². The molecule has 5 heteroatoms. The number of ether oxygens (including phenoxy) is 3. The second-order valence-corrected chi connectivity index (χ2v) is 3.89. The fraction of sp³-hybridized carbons (Fsp3) is 0.357. The number of allylic oxidation sites excluding steroid dienone is 1. The largest absolute Gasteiger partial charge is 0.497 e. The van der Waals surface area contributed by atoms with Gasteiger partial charge in [0.15, 0.2) is 0 Å². The average Bonchev–Trinajstić information content (AvgIpc) is 2.44. The van der Waals surface area contributed by atoms with E-state index in [-0.39, 0.29) is 18.2 Å². The van der Waals surface area contributed by atoms with Gasteiger partial charge in [-0.15, -0.1) is 11.6 Å². The number of hydrogen-bond donors (Lipinski definition) is 0. The van der Waals surface area contributed by atoms with Crippen LogP contribution in [0.5, 0.6) is 5.75 Å². The normalized spacial score (nSPS) is 11.0. The van der Waals surface area contributed by atoms with E-state index in [1.54, 1.807) is 14.0 Å². The average molecular weight is 285 g/mol. The molecule has 1 aromatic rings. The Morgan fingerprint density at radius 1 is 1.26 bits per heavy atom. The maximum absolute atomic E-state index is 11.6. The molecule has 0 unspecified atom stereocenters. The quantitative estimate of drug-likeness (QED) is 0.334. The molecule has 19 heavy (non-hydrogen) atoms. The van der Waals surface area contributed by atoms with Crippen molar-refractivity contribution in [2.75, 3.05) is 19.6 Å². The van der Waals surface area contributed by atoms with Gasteiger partial charge in [-0.25, -0.2) is 4.79 Å². The summed E-state index contributed by atoms with van der Waals surface area (Å²) in [6.45, 7) is 2.30. The van der Waals surface area contributed by atoms with Crippen molar-refractivity contribution in [3.63, 3.8) is 0 Å². The van der Waals surface area contributed by atoms with E-state index in [9.17, 15) is 4.79 Å². The standard InChI is InChI=1S/C14H17ClO4/c1-3-18-14(16)13(8-9-15)19-10-11-4-6-12(17-2)7-5-11/h4-8H,3,9-10H2,1-2H3. The molecular weight excluding hydrogens is 268 g/mol. The van der Waals surface area contributed by atoms with Crippen molar-refractivity contribution >= 4 is 17.6 Å². The third-order valence-electron chi connectivity index (χ3n) is 2.29. The third kappa shape index (κ3) is 5.22. The number of carbonyl (C=O) groups excluding carboxylic acids is 1. The van der Waals surface area contributed by atoms with Gasteiger partial charge >= 0.3 is 5.97 Å². The Kier molecular flexibility index (Phi) is 6.82. The summed E-state index contributed by atoms with van der Waals surface area (Å²) >= 11 is 5.58. The molecule has 4 nitrogen and oxygen atoms in total. The highest BCUT2D eigenvalue weighted by atomic mass is 35.5. The molecule has 0 atom stereocenters. The van der Waals surface area contributed by atoms with Gasteiger partial charge < -0.3 is 14.2 Å².